The van der Waals surface area contributed by atoms with E-state index in [4.69, 9.17) is 11.6 Å². The summed E-state index contributed by atoms with van der Waals surface area (Å²) in [6.45, 7) is 0.925. The molecule has 2 aliphatic carbocycles. The quantitative estimate of drug-likeness (QED) is 0.859. The average Bonchev–Trinajstić information content (AvgIpc) is 3.21. The summed E-state index contributed by atoms with van der Waals surface area (Å²) in [4.78, 5) is 0. The van der Waals surface area contributed by atoms with Crippen LogP contribution >= 0.6 is 11.6 Å². The Bertz CT molecular complexity index is 673. The van der Waals surface area contributed by atoms with Gasteiger partial charge < -0.3 is 5.32 Å². The Hall–Kier alpha value is -1.31. The van der Waals surface area contributed by atoms with Crippen molar-refractivity contribution < 1.29 is 0 Å². The molecule has 0 aliphatic heterocycles. The van der Waals surface area contributed by atoms with Gasteiger partial charge in [-0.25, -0.2) is 0 Å². The van der Waals surface area contributed by atoms with Crippen molar-refractivity contribution >= 4 is 11.6 Å². The first kappa shape index (κ1) is 13.4. The van der Waals surface area contributed by atoms with E-state index in [2.05, 4.69) is 41.7 Å². The van der Waals surface area contributed by atoms with Gasteiger partial charge in [0.1, 0.15) is 0 Å². The van der Waals surface area contributed by atoms with E-state index in [0.29, 0.717) is 0 Å². The van der Waals surface area contributed by atoms with Crippen molar-refractivity contribution in [3.8, 4) is 11.1 Å². The molecule has 1 N–H and O–H groups in total. The predicted molar refractivity (Wildman–Crippen MR) is 88.8 cm³/mol. The molecule has 0 aromatic heterocycles. The van der Waals surface area contributed by atoms with E-state index in [-0.39, 0.29) is 0 Å². The smallest absolute Gasteiger partial charge is 0.0487 e. The molecule has 2 aromatic rings. The number of hydrogen-bond acceptors (Lipinski definition) is 1. The second-order valence-electron chi connectivity index (χ2n) is 6.31. The highest BCUT2D eigenvalue weighted by Crippen LogP contribution is 2.32. The van der Waals surface area contributed by atoms with Gasteiger partial charge in [-0.3, -0.25) is 0 Å². The molecule has 0 spiro atoms. The Morgan fingerprint density at radius 3 is 2.67 bits per heavy atom. The van der Waals surface area contributed by atoms with E-state index in [0.717, 1.165) is 23.2 Å². The molecule has 4 rings (SSSR count). The van der Waals surface area contributed by atoms with Gasteiger partial charge in [0.2, 0.25) is 0 Å². The average molecular weight is 298 g/mol. The van der Waals surface area contributed by atoms with Gasteiger partial charge in [0.25, 0.3) is 0 Å². The van der Waals surface area contributed by atoms with E-state index in [1.165, 1.54) is 54.4 Å². The third-order valence-corrected chi connectivity index (χ3v) is 4.93. The molecule has 0 unspecified atom stereocenters. The van der Waals surface area contributed by atoms with Crippen LogP contribution in [-0.2, 0) is 19.4 Å². The zero-order chi connectivity index (χ0) is 14.2. The lowest BCUT2D eigenvalue weighted by Crippen LogP contribution is -2.15. The van der Waals surface area contributed by atoms with Gasteiger partial charge in [0.15, 0.2) is 0 Å². The van der Waals surface area contributed by atoms with E-state index in [9.17, 15) is 0 Å². The van der Waals surface area contributed by atoms with E-state index >= 15 is 0 Å². The van der Waals surface area contributed by atoms with Crippen LogP contribution in [-0.4, -0.2) is 6.04 Å². The molecule has 1 nitrogen and oxygen atoms in total. The van der Waals surface area contributed by atoms with Crippen molar-refractivity contribution in [1.29, 1.82) is 0 Å². The van der Waals surface area contributed by atoms with E-state index in [1.807, 2.05) is 0 Å². The molecule has 0 bridgehead atoms. The molecule has 1 saturated carbocycles. The minimum atomic E-state index is 0.736. The summed E-state index contributed by atoms with van der Waals surface area (Å²) >= 11 is 6.52. The van der Waals surface area contributed by atoms with Crippen LogP contribution in [0.15, 0.2) is 36.4 Å². The molecule has 0 saturated heterocycles. The van der Waals surface area contributed by atoms with Crippen LogP contribution in [0.3, 0.4) is 0 Å². The number of halogens is 1. The molecular weight excluding hydrogens is 278 g/mol. The van der Waals surface area contributed by atoms with E-state index < -0.39 is 0 Å². The number of rotatable bonds is 4. The molecule has 0 heterocycles. The largest absolute Gasteiger partial charge is 0.310 e. The van der Waals surface area contributed by atoms with Crippen molar-refractivity contribution in [3.05, 3.63) is 58.1 Å². The topological polar surface area (TPSA) is 12.0 Å². The van der Waals surface area contributed by atoms with Crippen molar-refractivity contribution in [2.24, 2.45) is 0 Å². The number of fused-ring (bicyclic) bond motifs is 1. The van der Waals surface area contributed by atoms with Crippen molar-refractivity contribution in [2.45, 2.75) is 44.7 Å². The van der Waals surface area contributed by atoms with Crippen molar-refractivity contribution in [1.82, 2.24) is 5.32 Å². The predicted octanol–water partition coefficient (Wildman–Crippen LogP) is 4.75. The number of benzene rings is 2. The summed E-state index contributed by atoms with van der Waals surface area (Å²) in [6.07, 6.45) is 6.37. The Balaban J connectivity index is 1.59. The summed E-state index contributed by atoms with van der Waals surface area (Å²) in [7, 11) is 0. The van der Waals surface area contributed by atoms with Gasteiger partial charge in [-0.1, -0.05) is 41.9 Å². The molecule has 108 valence electrons. The Kier molecular flexibility index (Phi) is 3.48. The molecule has 21 heavy (non-hydrogen) atoms. The van der Waals surface area contributed by atoms with Gasteiger partial charge in [-0.15, -0.1) is 0 Å². The second-order valence-corrected chi connectivity index (χ2v) is 6.71. The SMILES string of the molecule is Clc1cc(CNC2CC2)ccc1-c1ccc2c(c1)CCC2. The molecular formula is C19H20ClN. The third-order valence-electron chi connectivity index (χ3n) is 4.62. The fourth-order valence-corrected chi connectivity index (χ4v) is 3.50. The fourth-order valence-electron chi connectivity index (χ4n) is 3.19. The first-order valence-corrected chi connectivity index (χ1v) is 8.31. The first-order valence-electron chi connectivity index (χ1n) is 7.93. The summed E-state index contributed by atoms with van der Waals surface area (Å²) in [5.74, 6) is 0. The highest BCUT2D eigenvalue weighted by molar-refractivity contribution is 6.33. The Morgan fingerprint density at radius 1 is 1.00 bits per heavy atom. The molecule has 2 heteroatoms. The van der Waals surface area contributed by atoms with Crippen LogP contribution in [0.1, 0.15) is 36.0 Å². The number of nitrogens with one attached hydrogen (secondary N) is 1. The zero-order valence-corrected chi connectivity index (χ0v) is 12.9. The lowest BCUT2D eigenvalue weighted by atomic mass is 9.99. The number of aryl methyl sites for hydroxylation is 2. The second kappa shape index (κ2) is 5.47. The number of hydrogen-bond donors (Lipinski definition) is 1. The molecule has 2 aliphatic rings. The molecule has 1 fully saturated rings. The van der Waals surface area contributed by atoms with Gasteiger partial charge in [0, 0.05) is 23.2 Å². The van der Waals surface area contributed by atoms with E-state index in [1.54, 1.807) is 0 Å². The monoisotopic (exact) mass is 297 g/mol. The van der Waals surface area contributed by atoms with Gasteiger partial charge in [0.05, 0.1) is 0 Å². The molecule has 0 amide bonds. The summed E-state index contributed by atoms with van der Waals surface area (Å²) in [5.41, 5.74) is 6.70. The standard InChI is InChI=1S/C19H20ClN/c20-19-10-13(12-21-17-7-8-17)4-9-18(19)16-6-5-14-2-1-3-15(14)11-16/h4-6,9-11,17,21H,1-3,7-8,12H2. The lowest BCUT2D eigenvalue weighted by molar-refractivity contribution is 0.688. The van der Waals surface area contributed by atoms with Crippen LogP contribution in [0.5, 0.6) is 0 Å². The van der Waals surface area contributed by atoms with Crippen molar-refractivity contribution in [3.63, 3.8) is 0 Å². The third kappa shape index (κ3) is 2.86. The maximum Gasteiger partial charge on any atom is 0.0487 e. The Morgan fingerprint density at radius 2 is 1.86 bits per heavy atom. The zero-order valence-electron chi connectivity index (χ0n) is 12.2. The minimum Gasteiger partial charge on any atom is -0.310 e. The summed E-state index contributed by atoms with van der Waals surface area (Å²) < 4.78 is 0. The van der Waals surface area contributed by atoms with Crippen molar-refractivity contribution in [2.75, 3.05) is 0 Å². The van der Waals surface area contributed by atoms with Gasteiger partial charge in [-0.2, -0.15) is 0 Å². The summed E-state index contributed by atoms with van der Waals surface area (Å²) in [6, 6.07) is 14.0. The lowest BCUT2D eigenvalue weighted by Gasteiger charge is -2.10. The van der Waals surface area contributed by atoms with Crippen LogP contribution < -0.4 is 5.32 Å². The van der Waals surface area contributed by atoms with Crippen LogP contribution in [0, 0.1) is 0 Å². The minimum absolute atomic E-state index is 0.736. The van der Waals surface area contributed by atoms with Crippen LogP contribution in [0.25, 0.3) is 11.1 Å². The fraction of sp³-hybridized carbons (Fsp3) is 0.368. The maximum atomic E-state index is 6.52. The Labute approximate surface area is 131 Å². The van der Waals surface area contributed by atoms with Crippen LogP contribution in [0.4, 0.5) is 0 Å². The molecule has 2 aromatic carbocycles. The summed E-state index contributed by atoms with van der Waals surface area (Å²) in [5, 5.41) is 4.40. The highest BCUT2D eigenvalue weighted by Gasteiger charge is 2.20. The normalized spacial score (nSPS) is 17.0. The maximum absolute atomic E-state index is 6.52. The van der Waals surface area contributed by atoms with Crippen LogP contribution in [0.2, 0.25) is 5.02 Å². The van der Waals surface area contributed by atoms with Gasteiger partial charge in [-0.05, 0) is 60.4 Å². The molecule has 0 atom stereocenters. The van der Waals surface area contributed by atoms with Gasteiger partial charge >= 0.3 is 0 Å². The highest BCUT2D eigenvalue weighted by atomic mass is 35.5. The first-order chi connectivity index (χ1) is 10.3. The molecule has 0 radical (unpaired) electrons.